The number of aryl methyl sites for hydroxylation is 1. The maximum Gasteiger partial charge on any atom is 0.180 e. The zero-order valence-corrected chi connectivity index (χ0v) is 15.0. The summed E-state index contributed by atoms with van der Waals surface area (Å²) in [5.41, 5.74) is 3.36. The van der Waals surface area contributed by atoms with Gasteiger partial charge in [0.1, 0.15) is 6.61 Å². The topological polar surface area (TPSA) is 30.5 Å². The Kier molecular flexibility index (Phi) is 7.16. The Bertz CT molecular complexity index is 685. The lowest BCUT2D eigenvalue weighted by molar-refractivity contribution is 0.269. The Balaban J connectivity index is 2.16. The van der Waals surface area contributed by atoms with Crippen molar-refractivity contribution in [1.29, 1.82) is 0 Å². The van der Waals surface area contributed by atoms with Gasteiger partial charge in [0.2, 0.25) is 0 Å². The molecule has 0 aliphatic rings. The van der Waals surface area contributed by atoms with Gasteiger partial charge in [0.25, 0.3) is 0 Å². The molecule has 0 bridgehead atoms. The number of halogens is 1. The summed E-state index contributed by atoms with van der Waals surface area (Å²) in [6.45, 7) is 10.2. The van der Waals surface area contributed by atoms with E-state index in [4.69, 9.17) is 21.1 Å². The van der Waals surface area contributed by atoms with Crippen LogP contribution >= 0.6 is 11.6 Å². The van der Waals surface area contributed by atoms with Gasteiger partial charge < -0.3 is 14.8 Å². The largest absolute Gasteiger partial charge is 0.490 e. The molecule has 2 aromatic rings. The van der Waals surface area contributed by atoms with Crippen LogP contribution < -0.4 is 14.8 Å². The SMILES string of the molecule is C=CCNCc1cc(Cl)c(OCc2cccc(C)c2)c(OCC)c1. The van der Waals surface area contributed by atoms with Gasteiger partial charge in [0, 0.05) is 13.1 Å². The van der Waals surface area contributed by atoms with Crippen LogP contribution in [0.25, 0.3) is 0 Å². The maximum atomic E-state index is 6.43. The van der Waals surface area contributed by atoms with Crippen molar-refractivity contribution in [2.45, 2.75) is 27.0 Å². The molecule has 3 nitrogen and oxygen atoms in total. The Labute approximate surface area is 149 Å². The second-order valence-corrected chi connectivity index (χ2v) is 5.94. The quantitative estimate of drug-likeness (QED) is 0.518. The summed E-state index contributed by atoms with van der Waals surface area (Å²) < 4.78 is 11.7. The van der Waals surface area contributed by atoms with E-state index >= 15 is 0 Å². The van der Waals surface area contributed by atoms with Gasteiger partial charge in [-0.15, -0.1) is 6.58 Å². The predicted octanol–water partition coefficient (Wildman–Crippen LogP) is 4.90. The van der Waals surface area contributed by atoms with Crippen molar-refractivity contribution in [2.24, 2.45) is 0 Å². The van der Waals surface area contributed by atoms with Crippen LogP contribution in [0, 0.1) is 6.92 Å². The van der Waals surface area contributed by atoms with Crippen molar-refractivity contribution < 1.29 is 9.47 Å². The minimum absolute atomic E-state index is 0.454. The smallest absolute Gasteiger partial charge is 0.180 e. The van der Waals surface area contributed by atoms with Gasteiger partial charge in [-0.25, -0.2) is 0 Å². The van der Waals surface area contributed by atoms with Crippen LogP contribution in [0.2, 0.25) is 5.02 Å². The van der Waals surface area contributed by atoms with Gasteiger partial charge in [-0.2, -0.15) is 0 Å². The molecule has 0 aromatic heterocycles. The van der Waals surface area contributed by atoms with Crippen LogP contribution in [0.5, 0.6) is 11.5 Å². The van der Waals surface area contributed by atoms with E-state index in [1.54, 1.807) is 0 Å². The van der Waals surface area contributed by atoms with E-state index in [0.717, 1.165) is 17.7 Å². The zero-order chi connectivity index (χ0) is 17.4. The molecule has 2 rings (SSSR count). The molecule has 0 spiro atoms. The normalized spacial score (nSPS) is 10.5. The Morgan fingerprint density at radius 3 is 2.71 bits per heavy atom. The third-order valence-corrected chi connectivity index (χ3v) is 3.73. The molecule has 0 aliphatic heterocycles. The van der Waals surface area contributed by atoms with Crippen molar-refractivity contribution >= 4 is 11.6 Å². The second kappa shape index (κ2) is 9.36. The Hall–Kier alpha value is -1.97. The number of rotatable bonds is 9. The molecule has 0 saturated carbocycles. The van der Waals surface area contributed by atoms with E-state index in [9.17, 15) is 0 Å². The summed E-state index contributed by atoms with van der Waals surface area (Å²) in [6, 6.07) is 12.1. The second-order valence-electron chi connectivity index (χ2n) is 5.54. The molecule has 0 saturated heterocycles. The molecule has 0 unspecified atom stereocenters. The molecule has 0 amide bonds. The van der Waals surface area contributed by atoms with Gasteiger partial charge >= 0.3 is 0 Å². The Morgan fingerprint density at radius 1 is 1.17 bits per heavy atom. The highest BCUT2D eigenvalue weighted by Gasteiger charge is 2.13. The van der Waals surface area contributed by atoms with E-state index in [1.165, 1.54) is 5.56 Å². The highest BCUT2D eigenvalue weighted by atomic mass is 35.5. The lowest BCUT2D eigenvalue weighted by Gasteiger charge is -2.15. The first-order chi connectivity index (χ1) is 11.6. The van der Waals surface area contributed by atoms with Crippen LogP contribution in [-0.4, -0.2) is 13.2 Å². The number of nitrogens with one attached hydrogen (secondary N) is 1. The van der Waals surface area contributed by atoms with Crippen molar-refractivity contribution in [3.63, 3.8) is 0 Å². The van der Waals surface area contributed by atoms with E-state index in [0.29, 0.717) is 36.3 Å². The Morgan fingerprint density at radius 2 is 2.00 bits per heavy atom. The van der Waals surface area contributed by atoms with Crippen LogP contribution in [0.15, 0.2) is 49.1 Å². The van der Waals surface area contributed by atoms with Gasteiger partial charge in [-0.05, 0) is 37.1 Å². The third-order valence-electron chi connectivity index (χ3n) is 3.45. The van der Waals surface area contributed by atoms with Gasteiger partial charge in [0.15, 0.2) is 11.5 Å². The number of hydrogen-bond donors (Lipinski definition) is 1. The highest BCUT2D eigenvalue weighted by Crippen LogP contribution is 2.37. The fourth-order valence-electron chi connectivity index (χ4n) is 2.40. The first-order valence-electron chi connectivity index (χ1n) is 8.09. The van der Waals surface area contributed by atoms with Gasteiger partial charge in [-0.1, -0.05) is 47.5 Å². The molecule has 0 aliphatic carbocycles. The molecule has 1 N–H and O–H groups in total. The summed E-state index contributed by atoms with van der Waals surface area (Å²) >= 11 is 6.43. The van der Waals surface area contributed by atoms with Gasteiger partial charge in [0.05, 0.1) is 11.6 Å². The van der Waals surface area contributed by atoms with Crippen molar-refractivity contribution in [3.8, 4) is 11.5 Å². The number of benzene rings is 2. The fraction of sp³-hybridized carbons (Fsp3) is 0.300. The monoisotopic (exact) mass is 345 g/mol. The summed E-state index contributed by atoms with van der Waals surface area (Å²) in [6.07, 6.45) is 1.82. The fourth-order valence-corrected chi connectivity index (χ4v) is 2.69. The van der Waals surface area contributed by atoms with Crippen LogP contribution in [0.3, 0.4) is 0 Å². The predicted molar refractivity (Wildman–Crippen MR) is 100 cm³/mol. The number of ether oxygens (including phenoxy) is 2. The molecular weight excluding hydrogens is 322 g/mol. The lowest BCUT2D eigenvalue weighted by Crippen LogP contribution is -2.13. The maximum absolute atomic E-state index is 6.43. The van der Waals surface area contributed by atoms with E-state index < -0.39 is 0 Å². The minimum atomic E-state index is 0.454. The summed E-state index contributed by atoms with van der Waals surface area (Å²) in [5, 5.41) is 3.82. The zero-order valence-electron chi connectivity index (χ0n) is 14.3. The van der Waals surface area contributed by atoms with Crippen LogP contribution in [0.1, 0.15) is 23.6 Å². The van der Waals surface area contributed by atoms with E-state index in [-0.39, 0.29) is 0 Å². The molecular formula is C20H24ClNO2. The van der Waals surface area contributed by atoms with Crippen molar-refractivity contribution in [2.75, 3.05) is 13.2 Å². The van der Waals surface area contributed by atoms with Crippen LogP contribution in [0.4, 0.5) is 0 Å². The summed E-state index contributed by atoms with van der Waals surface area (Å²) in [5.74, 6) is 1.26. The molecule has 2 aromatic carbocycles. The lowest BCUT2D eigenvalue weighted by atomic mass is 10.1. The summed E-state index contributed by atoms with van der Waals surface area (Å²) in [4.78, 5) is 0. The average Bonchev–Trinajstić information content (AvgIpc) is 2.55. The molecule has 4 heteroatoms. The van der Waals surface area contributed by atoms with E-state index in [1.807, 2.05) is 37.3 Å². The molecule has 0 fully saturated rings. The van der Waals surface area contributed by atoms with E-state index in [2.05, 4.69) is 31.0 Å². The highest BCUT2D eigenvalue weighted by molar-refractivity contribution is 6.32. The first kappa shape index (κ1) is 18.4. The standard InChI is InChI=1S/C20H24ClNO2/c1-4-9-22-13-17-11-18(21)20(19(12-17)23-5-2)24-14-16-8-6-7-15(3)10-16/h4,6-8,10-12,22H,1,5,9,13-14H2,2-3H3. The first-order valence-corrected chi connectivity index (χ1v) is 8.47. The van der Waals surface area contributed by atoms with Crippen LogP contribution in [-0.2, 0) is 13.2 Å². The average molecular weight is 346 g/mol. The van der Waals surface area contributed by atoms with Gasteiger partial charge in [-0.3, -0.25) is 0 Å². The minimum Gasteiger partial charge on any atom is -0.490 e. The molecule has 0 radical (unpaired) electrons. The number of hydrogen-bond acceptors (Lipinski definition) is 3. The molecule has 24 heavy (non-hydrogen) atoms. The third kappa shape index (κ3) is 5.29. The summed E-state index contributed by atoms with van der Waals surface area (Å²) in [7, 11) is 0. The van der Waals surface area contributed by atoms with Crippen molar-refractivity contribution in [3.05, 3.63) is 70.8 Å². The van der Waals surface area contributed by atoms with Crippen molar-refractivity contribution in [1.82, 2.24) is 5.32 Å². The molecule has 0 atom stereocenters. The molecule has 128 valence electrons. The molecule has 0 heterocycles.